The summed E-state index contributed by atoms with van der Waals surface area (Å²) in [6.45, 7) is 6.03. The number of sulfonamides is 1. The van der Waals surface area contributed by atoms with Gasteiger partial charge in [0.15, 0.2) is 0 Å². The predicted molar refractivity (Wildman–Crippen MR) is 112 cm³/mol. The number of aryl methyl sites for hydroxylation is 1. The normalized spacial score (nSPS) is 18.3. The molecular weight excluding hydrogens is 390 g/mol. The zero-order valence-corrected chi connectivity index (χ0v) is 17.7. The molecule has 0 unspecified atom stereocenters. The number of benzene rings is 1. The third-order valence-electron chi connectivity index (χ3n) is 5.50. The van der Waals surface area contributed by atoms with Crippen LogP contribution in [0.15, 0.2) is 35.2 Å². The standard InChI is InChI=1S/C20H27N5O3S/c1-16-21-19(23-9-3-4-10-23)15-20(22-16)24-11-13-25(14-12-24)29(26,27)18-7-5-17(28-2)6-8-18/h5-8,15H,3-4,9-14H2,1-2H3. The number of rotatable bonds is 5. The van der Waals surface area contributed by atoms with Crippen molar-refractivity contribution in [3.05, 3.63) is 36.2 Å². The highest BCUT2D eigenvalue weighted by molar-refractivity contribution is 7.89. The van der Waals surface area contributed by atoms with Gasteiger partial charge in [-0.25, -0.2) is 18.4 Å². The van der Waals surface area contributed by atoms with Crippen molar-refractivity contribution in [1.82, 2.24) is 14.3 Å². The molecule has 0 N–H and O–H groups in total. The summed E-state index contributed by atoms with van der Waals surface area (Å²) in [5, 5.41) is 0. The van der Waals surface area contributed by atoms with E-state index in [0.717, 1.165) is 30.5 Å². The van der Waals surface area contributed by atoms with Crippen molar-refractivity contribution >= 4 is 21.7 Å². The van der Waals surface area contributed by atoms with Gasteiger partial charge in [0.1, 0.15) is 23.2 Å². The molecule has 0 bridgehead atoms. The average Bonchev–Trinajstić information content (AvgIpc) is 3.28. The Morgan fingerprint density at radius 1 is 0.862 bits per heavy atom. The summed E-state index contributed by atoms with van der Waals surface area (Å²) in [5.74, 6) is 3.23. The van der Waals surface area contributed by atoms with E-state index in [1.54, 1.807) is 35.7 Å². The van der Waals surface area contributed by atoms with Gasteiger partial charge in [-0.2, -0.15) is 4.31 Å². The molecule has 4 rings (SSSR count). The fourth-order valence-corrected chi connectivity index (χ4v) is 5.28. The topological polar surface area (TPSA) is 78.9 Å². The second-order valence-corrected chi connectivity index (χ2v) is 9.33. The van der Waals surface area contributed by atoms with Crippen LogP contribution in [0.1, 0.15) is 18.7 Å². The molecule has 2 aromatic rings. The summed E-state index contributed by atoms with van der Waals surface area (Å²) in [6.07, 6.45) is 2.39. The van der Waals surface area contributed by atoms with Gasteiger partial charge in [0.2, 0.25) is 10.0 Å². The monoisotopic (exact) mass is 417 g/mol. The van der Waals surface area contributed by atoms with Crippen LogP contribution < -0.4 is 14.5 Å². The quantitative estimate of drug-likeness (QED) is 0.735. The van der Waals surface area contributed by atoms with Crippen LogP contribution in [0.3, 0.4) is 0 Å². The highest BCUT2D eigenvalue weighted by Crippen LogP contribution is 2.25. The lowest BCUT2D eigenvalue weighted by molar-refractivity contribution is 0.383. The molecule has 29 heavy (non-hydrogen) atoms. The van der Waals surface area contributed by atoms with Gasteiger partial charge in [-0.1, -0.05) is 0 Å². The molecule has 2 fully saturated rings. The van der Waals surface area contributed by atoms with Crippen molar-refractivity contribution in [2.75, 3.05) is 56.2 Å². The lowest BCUT2D eigenvalue weighted by atomic mass is 10.3. The second-order valence-electron chi connectivity index (χ2n) is 7.39. The average molecular weight is 418 g/mol. The first-order chi connectivity index (χ1) is 14.0. The lowest BCUT2D eigenvalue weighted by Crippen LogP contribution is -2.49. The summed E-state index contributed by atoms with van der Waals surface area (Å²) in [6, 6.07) is 8.57. The molecule has 0 aliphatic carbocycles. The minimum atomic E-state index is -3.51. The SMILES string of the molecule is COc1ccc(S(=O)(=O)N2CCN(c3cc(N4CCCC4)nc(C)n3)CC2)cc1. The molecule has 0 atom stereocenters. The number of aromatic nitrogens is 2. The number of nitrogens with zero attached hydrogens (tertiary/aromatic N) is 5. The molecule has 2 aliphatic heterocycles. The fraction of sp³-hybridized carbons (Fsp3) is 0.500. The molecule has 1 aromatic heterocycles. The number of anilines is 2. The molecule has 8 nitrogen and oxygen atoms in total. The van der Waals surface area contributed by atoms with Crippen LogP contribution in [0.25, 0.3) is 0 Å². The maximum absolute atomic E-state index is 12.9. The van der Waals surface area contributed by atoms with Crippen LogP contribution in [0.5, 0.6) is 5.75 Å². The van der Waals surface area contributed by atoms with Crippen molar-refractivity contribution in [2.45, 2.75) is 24.7 Å². The second kappa shape index (κ2) is 8.16. The summed E-state index contributed by atoms with van der Waals surface area (Å²) >= 11 is 0. The molecule has 0 saturated carbocycles. The molecule has 0 radical (unpaired) electrons. The molecule has 3 heterocycles. The van der Waals surface area contributed by atoms with E-state index in [-0.39, 0.29) is 0 Å². The molecule has 0 spiro atoms. The lowest BCUT2D eigenvalue weighted by Gasteiger charge is -2.35. The largest absolute Gasteiger partial charge is 0.497 e. The smallest absolute Gasteiger partial charge is 0.243 e. The Balaban J connectivity index is 1.46. The maximum Gasteiger partial charge on any atom is 0.243 e. The molecule has 2 saturated heterocycles. The van der Waals surface area contributed by atoms with Gasteiger partial charge in [-0.05, 0) is 44.0 Å². The Morgan fingerprint density at radius 2 is 1.41 bits per heavy atom. The van der Waals surface area contributed by atoms with Crippen molar-refractivity contribution in [1.29, 1.82) is 0 Å². The van der Waals surface area contributed by atoms with Crippen LogP contribution in [0.2, 0.25) is 0 Å². The van der Waals surface area contributed by atoms with Crippen molar-refractivity contribution in [3.63, 3.8) is 0 Å². The summed E-state index contributed by atoms with van der Waals surface area (Å²) < 4.78 is 32.6. The van der Waals surface area contributed by atoms with Gasteiger partial charge in [-0.15, -0.1) is 0 Å². The Kier molecular flexibility index (Phi) is 5.60. The van der Waals surface area contributed by atoms with E-state index < -0.39 is 10.0 Å². The summed E-state index contributed by atoms with van der Waals surface area (Å²) in [7, 11) is -1.95. The van der Waals surface area contributed by atoms with Crippen LogP contribution >= 0.6 is 0 Å². The molecule has 2 aliphatic rings. The maximum atomic E-state index is 12.9. The van der Waals surface area contributed by atoms with Crippen LogP contribution in [-0.4, -0.2) is 69.1 Å². The van der Waals surface area contributed by atoms with Crippen molar-refractivity contribution in [2.24, 2.45) is 0 Å². The van der Waals surface area contributed by atoms with Gasteiger partial charge in [0.05, 0.1) is 12.0 Å². The van der Waals surface area contributed by atoms with E-state index in [0.29, 0.717) is 36.8 Å². The molecule has 156 valence electrons. The minimum absolute atomic E-state index is 0.293. The van der Waals surface area contributed by atoms with E-state index in [2.05, 4.69) is 19.8 Å². The first kappa shape index (κ1) is 19.9. The molecule has 9 heteroatoms. The number of ether oxygens (including phenoxy) is 1. The van der Waals surface area contributed by atoms with Crippen LogP contribution in [-0.2, 0) is 10.0 Å². The Bertz CT molecular complexity index is 951. The van der Waals surface area contributed by atoms with Gasteiger partial charge >= 0.3 is 0 Å². The Hall–Kier alpha value is -2.39. The van der Waals surface area contributed by atoms with Crippen molar-refractivity contribution in [3.8, 4) is 5.75 Å². The molecule has 0 amide bonds. The molecule has 1 aromatic carbocycles. The highest BCUT2D eigenvalue weighted by Gasteiger charge is 2.29. The first-order valence-electron chi connectivity index (χ1n) is 9.97. The van der Waals surface area contributed by atoms with Crippen LogP contribution in [0.4, 0.5) is 11.6 Å². The first-order valence-corrected chi connectivity index (χ1v) is 11.4. The van der Waals surface area contributed by atoms with E-state index in [4.69, 9.17) is 4.74 Å². The number of hydrogen-bond acceptors (Lipinski definition) is 7. The van der Waals surface area contributed by atoms with E-state index >= 15 is 0 Å². The number of hydrogen-bond donors (Lipinski definition) is 0. The number of methoxy groups -OCH3 is 1. The number of piperazine rings is 1. The fourth-order valence-electron chi connectivity index (χ4n) is 3.86. The van der Waals surface area contributed by atoms with Crippen molar-refractivity contribution < 1.29 is 13.2 Å². The van der Waals surface area contributed by atoms with E-state index in [9.17, 15) is 8.42 Å². The summed E-state index contributed by atoms with van der Waals surface area (Å²) in [4.78, 5) is 13.9. The van der Waals surface area contributed by atoms with E-state index in [1.165, 1.54) is 12.8 Å². The minimum Gasteiger partial charge on any atom is -0.497 e. The van der Waals surface area contributed by atoms with E-state index in [1.807, 2.05) is 13.0 Å². The van der Waals surface area contributed by atoms with Crippen LogP contribution in [0, 0.1) is 6.92 Å². The summed E-state index contributed by atoms with van der Waals surface area (Å²) in [5.41, 5.74) is 0. The predicted octanol–water partition coefficient (Wildman–Crippen LogP) is 1.90. The van der Waals surface area contributed by atoms with Gasteiger partial charge < -0.3 is 14.5 Å². The Labute approximate surface area is 172 Å². The zero-order valence-electron chi connectivity index (χ0n) is 16.9. The van der Waals surface area contributed by atoms with Gasteiger partial charge in [0.25, 0.3) is 0 Å². The van der Waals surface area contributed by atoms with Gasteiger partial charge in [0, 0.05) is 45.3 Å². The Morgan fingerprint density at radius 3 is 1.97 bits per heavy atom. The van der Waals surface area contributed by atoms with Gasteiger partial charge in [-0.3, -0.25) is 0 Å². The highest BCUT2D eigenvalue weighted by atomic mass is 32.2. The zero-order chi connectivity index (χ0) is 20.4. The third-order valence-corrected chi connectivity index (χ3v) is 7.41. The third kappa shape index (κ3) is 4.16. The molecular formula is C20H27N5O3S.